The third-order valence-corrected chi connectivity index (χ3v) is 4.88. The molecule has 0 saturated carbocycles. The van der Waals surface area contributed by atoms with Crippen LogP contribution in [0, 0.1) is 5.92 Å². The minimum Gasteiger partial charge on any atom is -0.324 e. The molecular weight excluding hydrogens is 374 g/mol. The molecule has 1 aromatic heterocycles. The van der Waals surface area contributed by atoms with Crippen molar-refractivity contribution in [3.63, 3.8) is 0 Å². The highest BCUT2D eigenvalue weighted by atomic mass is 35.5. The molecule has 0 saturated heterocycles. The molecule has 1 aliphatic rings. The summed E-state index contributed by atoms with van der Waals surface area (Å²) in [6.07, 6.45) is 2.06. The zero-order valence-corrected chi connectivity index (χ0v) is 16.3. The number of fused-ring (bicyclic) bond motifs is 1. The van der Waals surface area contributed by atoms with Crippen LogP contribution in [0.1, 0.15) is 31.0 Å². The summed E-state index contributed by atoms with van der Waals surface area (Å²) >= 11 is 6.47. The average Bonchev–Trinajstić information content (AvgIpc) is 3.10. The monoisotopic (exact) mass is 393 g/mol. The number of carbonyl (C=O) groups excluding carboxylic acids is 1. The number of hydrogen-bond acceptors (Lipinski definition) is 4. The first-order valence-electron chi connectivity index (χ1n) is 9.09. The average molecular weight is 394 g/mol. The van der Waals surface area contributed by atoms with E-state index >= 15 is 0 Å². The minimum absolute atomic E-state index is 0.131. The first-order valence-corrected chi connectivity index (χ1v) is 9.47. The predicted molar refractivity (Wildman–Crippen MR) is 111 cm³/mol. The fourth-order valence-corrected chi connectivity index (χ4v) is 3.27. The Morgan fingerprint density at radius 3 is 2.57 bits per heavy atom. The van der Waals surface area contributed by atoms with Gasteiger partial charge in [-0.25, -0.2) is 4.68 Å². The Balaban J connectivity index is 1.78. The number of anilines is 2. The second-order valence-electron chi connectivity index (χ2n) is 6.89. The molecule has 2 N–H and O–H groups in total. The number of rotatable bonds is 4. The highest BCUT2D eigenvalue weighted by molar-refractivity contribution is 6.31. The molecule has 142 valence electrons. The lowest BCUT2D eigenvalue weighted by Crippen LogP contribution is -2.21. The van der Waals surface area contributed by atoms with E-state index in [2.05, 4.69) is 26.8 Å². The van der Waals surface area contributed by atoms with E-state index in [4.69, 9.17) is 11.6 Å². The lowest BCUT2D eigenvalue weighted by atomic mass is 10.0. The van der Waals surface area contributed by atoms with Crippen LogP contribution in [-0.4, -0.2) is 20.7 Å². The summed E-state index contributed by atoms with van der Waals surface area (Å²) in [5, 5.41) is 11.2. The van der Waals surface area contributed by atoms with E-state index < -0.39 is 0 Å². The lowest BCUT2D eigenvalue weighted by molar-refractivity contribution is -0.118. The third kappa shape index (κ3) is 3.51. The van der Waals surface area contributed by atoms with Crippen molar-refractivity contribution in [2.75, 3.05) is 10.6 Å². The number of hydrogen-bond donors (Lipinski definition) is 2. The summed E-state index contributed by atoms with van der Waals surface area (Å²) in [4.78, 5) is 16.5. The summed E-state index contributed by atoms with van der Waals surface area (Å²) in [5.74, 6) is 0.519. The fraction of sp³-hybridized carbons (Fsp3) is 0.190. The van der Waals surface area contributed by atoms with E-state index in [0.29, 0.717) is 11.0 Å². The van der Waals surface area contributed by atoms with Gasteiger partial charge in [-0.3, -0.25) is 10.1 Å². The van der Waals surface area contributed by atoms with Crippen molar-refractivity contribution < 1.29 is 4.79 Å². The van der Waals surface area contributed by atoms with Gasteiger partial charge in [-0.15, -0.1) is 5.10 Å². The third-order valence-electron chi connectivity index (χ3n) is 4.53. The van der Waals surface area contributed by atoms with Gasteiger partial charge in [0.25, 0.3) is 5.95 Å². The molecule has 0 spiro atoms. The molecule has 1 amide bonds. The molecule has 2 heterocycles. The highest BCUT2D eigenvalue weighted by Crippen LogP contribution is 2.35. The second-order valence-corrected chi connectivity index (χ2v) is 7.29. The molecule has 28 heavy (non-hydrogen) atoms. The fourth-order valence-electron chi connectivity index (χ4n) is 3.02. The number of amides is 1. The first kappa shape index (κ1) is 18.3. The molecule has 3 aromatic rings. The molecule has 2 aromatic carbocycles. The molecule has 0 aliphatic carbocycles. The smallest absolute Gasteiger partial charge is 0.250 e. The van der Waals surface area contributed by atoms with Gasteiger partial charge in [0.15, 0.2) is 0 Å². The SMILES string of the molecule is CC(C)C(=O)Nc1nc2n(n1)[C@@H](c1ccccc1Cl)C=C(c1ccccc1)N2. The minimum atomic E-state index is -0.252. The van der Waals surface area contributed by atoms with E-state index in [1.807, 2.05) is 68.4 Å². The Hall–Kier alpha value is -3.12. The summed E-state index contributed by atoms with van der Waals surface area (Å²) in [7, 11) is 0. The van der Waals surface area contributed by atoms with Crippen molar-refractivity contribution in [1.29, 1.82) is 0 Å². The van der Waals surface area contributed by atoms with E-state index in [0.717, 1.165) is 16.8 Å². The van der Waals surface area contributed by atoms with E-state index in [1.54, 1.807) is 4.68 Å². The second kappa shape index (κ2) is 7.48. The molecule has 0 fully saturated rings. The van der Waals surface area contributed by atoms with Crippen LogP contribution in [0.5, 0.6) is 0 Å². The Kier molecular flexibility index (Phi) is 4.88. The molecule has 4 rings (SSSR count). The summed E-state index contributed by atoms with van der Waals surface area (Å²) in [6.45, 7) is 3.65. The van der Waals surface area contributed by atoms with Crippen LogP contribution in [0.4, 0.5) is 11.9 Å². The van der Waals surface area contributed by atoms with Crippen LogP contribution < -0.4 is 10.6 Å². The molecular formula is C21H20ClN5O. The number of nitrogens with one attached hydrogen (secondary N) is 2. The number of benzene rings is 2. The van der Waals surface area contributed by atoms with E-state index in [1.165, 1.54) is 0 Å². The number of allylic oxidation sites excluding steroid dienone is 1. The largest absolute Gasteiger partial charge is 0.324 e. The first-order chi connectivity index (χ1) is 13.5. The number of halogens is 1. The van der Waals surface area contributed by atoms with Crippen molar-refractivity contribution >= 4 is 35.1 Å². The summed E-state index contributed by atoms with van der Waals surface area (Å²) in [5.41, 5.74) is 2.85. The van der Waals surface area contributed by atoms with Crippen LogP contribution >= 0.6 is 11.6 Å². The van der Waals surface area contributed by atoms with Crippen LogP contribution in [0.15, 0.2) is 60.7 Å². The zero-order valence-electron chi connectivity index (χ0n) is 15.6. The van der Waals surface area contributed by atoms with Gasteiger partial charge in [-0.1, -0.05) is 74.0 Å². The van der Waals surface area contributed by atoms with Gasteiger partial charge in [0.05, 0.1) is 0 Å². The lowest BCUT2D eigenvalue weighted by Gasteiger charge is -2.24. The van der Waals surface area contributed by atoms with Crippen molar-refractivity contribution in [1.82, 2.24) is 14.8 Å². The quantitative estimate of drug-likeness (QED) is 0.680. The van der Waals surface area contributed by atoms with Gasteiger partial charge in [-0.2, -0.15) is 4.98 Å². The van der Waals surface area contributed by atoms with Crippen molar-refractivity contribution in [3.8, 4) is 0 Å². The van der Waals surface area contributed by atoms with Crippen molar-refractivity contribution in [3.05, 3.63) is 76.8 Å². The van der Waals surface area contributed by atoms with Gasteiger partial charge in [-0.05, 0) is 23.3 Å². The Bertz CT molecular complexity index is 1040. The maximum Gasteiger partial charge on any atom is 0.250 e. The standard InChI is InChI=1S/C21H20ClN5O/c1-13(2)19(28)24-20-25-21-23-17(14-8-4-3-5-9-14)12-18(27(21)26-20)15-10-6-7-11-16(15)22/h3-13,18H,1-2H3,(H2,23,24,25,26,28)/t18-/m1/s1. The predicted octanol–water partition coefficient (Wildman–Crippen LogP) is 4.58. The van der Waals surface area contributed by atoms with Crippen LogP contribution in [0.25, 0.3) is 5.70 Å². The van der Waals surface area contributed by atoms with Gasteiger partial charge < -0.3 is 5.32 Å². The Morgan fingerprint density at radius 1 is 1.14 bits per heavy atom. The molecule has 7 heteroatoms. The maximum atomic E-state index is 12.1. The molecule has 0 bridgehead atoms. The molecule has 0 unspecified atom stereocenters. The van der Waals surface area contributed by atoms with Crippen molar-refractivity contribution in [2.24, 2.45) is 5.92 Å². The Morgan fingerprint density at radius 2 is 1.86 bits per heavy atom. The maximum absolute atomic E-state index is 12.1. The summed E-state index contributed by atoms with van der Waals surface area (Å²) in [6, 6.07) is 17.4. The molecule has 1 atom stereocenters. The number of nitrogens with zero attached hydrogens (tertiary/aromatic N) is 3. The normalized spacial score (nSPS) is 15.6. The van der Waals surface area contributed by atoms with Crippen LogP contribution in [0.3, 0.4) is 0 Å². The van der Waals surface area contributed by atoms with Crippen LogP contribution in [0.2, 0.25) is 5.02 Å². The molecule has 0 radical (unpaired) electrons. The van der Waals surface area contributed by atoms with Gasteiger partial charge >= 0.3 is 0 Å². The highest BCUT2D eigenvalue weighted by Gasteiger charge is 2.27. The van der Waals surface area contributed by atoms with Gasteiger partial charge in [0.2, 0.25) is 11.9 Å². The Labute approximate surface area is 168 Å². The van der Waals surface area contributed by atoms with Crippen LogP contribution in [-0.2, 0) is 4.79 Å². The summed E-state index contributed by atoms with van der Waals surface area (Å²) < 4.78 is 1.74. The van der Waals surface area contributed by atoms with E-state index in [-0.39, 0.29) is 23.8 Å². The van der Waals surface area contributed by atoms with Gasteiger partial charge in [0.1, 0.15) is 6.04 Å². The molecule has 1 aliphatic heterocycles. The van der Waals surface area contributed by atoms with Crippen molar-refractivity contribution in [2.45, 2.75) is 19.9 Å². The van der Waals surface area contributed by atoms with Gasteiger partial charge in [0, 0.05) is 16.6 Å². The zero-order chi connectivity index (χ0) is 19.7. The molecule has 6 nitrogen and oxygen atoms in total. The topological polar surface area (TPSA) is 71.8 Å². The number of aromatic nitrogens is 3. The van der Waals surface area contributed by atoms with E-state index in [9.17, 15) is 4.79 Å². The number of carbonyl (C=O) groups is 1.